The lowest BCUT2D eigenvalue weighted by molar-refractivity contribution is -0.141. The molecule has 0 saturated carbocycles. The smallest absolute Gasteiger partial charge is 0.345 e. The fourth-order valence-electron chi connectivity index (χ4n) is 3.17. The van der Waals surface area contributed by atoms with E-state index in [1.54, 1.807) is 12.4 Å². The minimum Gasteiger partial charge on any atom is -0.345 e. The summed E-state index contributed by atoms with van der Waals surface area (Å²) in [7, 11) is 0. The second kappa shape index (κ2) is 8.69. The van der Waals surface area contributed by atoms with Crippen LogP contribution in [0.3, 0.4) is 0 Å². The summed E-state index contributed by atoms with van der Waals surface area (Å²) in [6.45, 7) is 5.61. The van der Waals surface area contributed by atoms with Crippen LogP contribution < -0.4 is 5.32 Å². The van der Waals surface area contributed by atoms with Gasteiger partial charge in [0.05, 0.1) is 6.04 Å². The molecular formula is C22H23F3N4O. The van der Waals surface area contributed by atoms with Gasteiger partial charge in [0.15, 0.2) is 5.69 Å². The molecule has 1 unspecified atom stereocenters. The third-order valence-corrected chi connectivity index (χ3v) is 5.03. The van der Waals surface area contributed by atoms with Gasteiger partial charge in [-0.3, -0.25) is 14.5 Å². The summed E-state index contributed by atoms with van der Waals surface area (Å²) in [4.78, 5) is 16.7. The van der Waals surface area contributed by atoms with E-state index in [1.807, 2.05) is 44.2 Å². The second-order valence-corrected chi connectivity index (χ2v) is 7.27. The second-order valence-electron chi connectivity index (χ2n) is 7.27. The number of carbonyl (C=O) groups excluding carboxylic acids is 1. The molecule has 1 N–H and O–H groups in total. The average molecular weight is 416 g/mol. The van der Waals surface area contributed by atoms with Crippen LogP contribution in [0.5, 0.6) is 0 Å². The quantitative estimate of drug-likeness (QED) is 0.643. The van der Waals surface area contributed by atoms with Crippen molar-refractivity contribution in [1.82, 2.24) is 20.1 Å². The molecule has 5 nitrogen and oxygen atoms in total. The van der Waals surface area contributed by atoms with E-state index in [2.05, 4.69) is 15.4 Å². The zero-order chi connectivity index (χ0) is 21.9. The van der Waals surface area contributed by atoms with Crippen LogP contribution in [0.2, 0.25) is 0 Å². The summed E-state index contributed by atoms with van der Waals surface area (Å²) in [5.41, 5.74) is 3.45. The van der Waals surface area contributed by atoms with Gasteiger partial charge in [0.2, 0.25) is 5.91 Å². The summed E-state index contributed by atoms with van der Waals surface area (Å²) in [5.74, 6) is -0.279. The molecular weight excluding hydrogens is 393 g/mol. The van der Waals surface area contributed by atoms with E-state index in [0.29, 0.717) is 5.69 Å². The fraction of sp³-hybridized carbons (Fsp3) is 0.318. The van der Waals surface area contributed by atoms with Crippen LogP contribution in [0, 0.1) is 20.8 Å². The van der Waals surface area contributed by atoms with Gasteiger partial charge in [0, 0.05) is 31.1 Å². The van der Waals surface area contributed by atoms with Gasteiger partial charge in [-0.05, 0) is 61.2 Å². The van der Waals surface area contributed by atoms with Crippen LogP contribution >= 0.6 is 0 Å². The van der Waals surface area contributed by atoms with Crippen molar-refractivity contribution in [3.05, 3.63) is 82.4 Å². The number of nitrogens with one attached hydrogen (secondary N) is 1. The molecule has 0 fully saturated rings. The Kier molecular flexibility index (Phi) is 6.24. The van der Waals surface area contributed by atoms with Gasteiger partial charge in [0.1, 0.15) is 0 Å². The predicted octanol–water partition coefficient (Wildman–Crippen LogP) is 4.52. The molecule has 0 aliphatic heterocycles. The van der Waals surface area contributed by atoms with Crippen LogP contribution in [-0.2, 0) is 17.5 Å². The molecule has 1 amide bonds. The molecule has 2 aromatic heterocycles. The van der Waals surface area contributed by atoms with E-state index < -0.39 is 11.9 Å². The van der Waals surface area contributed by atoms with E-state index in [9.17, 15) is 18.0 Å². The number of rotatable bonds is 6. The van der Waals surface area contributed by atoms with E-state index in [-0.39, 0.29) is 24.9 Å². The Morgan fingerprint density at radius 3 is 2.33 bits per heavy atom. The predicted molar refractivity (Wildman–Crippen MR) is 107 cm³/mol. The lowest BCUT2D eigenvalue weighted by Crippen LogP contribution is -2.30. The SMILES string of the molecule is Cc1ccc(C(NC(=O)CCn2nc(C(F)(F)F)cc2C)c2ccncc2)cc1C. The number of hydrogen-bond acceptors (Lipinski definition) is 3. The number of alkyl halides is 3. The minimum absolute atomic E-state index is 0.00619. The largest absolute Gasteiger partial charge is 0.435 e. The first kappa shape index (κ1) is 21.5. The number of hydrogen-bond donors (Lipinski definition) is 1. The lowest BCUT2D eigenvalue weighted by atomic mass is 9.96. The molecule has 3 rings (SSSR count). The molecule has 1 atom stereocenters. The lowest BCUT2D eigenvalue weighted by Gasteiger charge is -2.21. The van der Waals surface area contributed by atoms with Gasteiger partial charge >= 0.3 is 6.18 Å². The fourth-order valence-corrected chi connectivity index (χ4v) is 3.17. The third-order valence-electron chi connectivity index (χ3n) is 5.03. The molecule has 0 aliphatic carbocycles. The molecule has 158 valence electrons. The maximum atomic E-state index is 12.8. The highest BCUT2D eigenvalue weighted by Gasteiger charge is 2.34. The van der Waals surface area contributed by atoms with Crippen molar-refractivity contribution >= 4 is 5.91 Å². The van der Waals surface area contributed by atoms with E-state index in [4.69, 9.17) is 0 Å². The average Bonchev–Trinajstić information content (AvgIpc) is 3.08. The zero-order valence-electron chi connectivity index (χ0n) is 17.0. The Balaban J connectivity index is 1.76. The first-order valence-electron chi connectivity index (χ1n) is 9.53. The maximum Gasteiger partial charge on any atom is 0.435 e. The van der Waals surface area contributed by atoms with Crippen LogP contribution in [0.1, 0.15) is 46.1 Å². The highest BCUT2D eigenvalue weighted by molar-refractivity contribution is 5.77. The Bertz CT molecular complexity index is 1030. The number of amides is 1. The molecule has 0 aliphatic rings. The molecule has 0 spiro atoms. The summed E-state index contributed by atoms with van der Waals surface area (Å²) >= 11 is 0. The van der Waals surface area contributed by atoms with Crippen LogP contribution in [-0.4, -0.2) is 20.7 Å². The van der Waals surface area contributed by atoms with Gasteiger partial charge in [0.25, 0.3) is 0 Å². The molecule has 0 radical (unpaired) electrons. The van der Waals surface area contributed by atoms with Crippen LogP contribution in [0.4, 0.5) is 13.2 Å². The Morgan fingerprint density at radius 2 is 1.73 bits per heavy atom. The summed E-state index contributed by atoms with van der Waals surface area (Å²) in [5, 5.41) is 6.57. The Hall–Kier alpha value is -3.16. The first-order chi connectivity index (χ1) is 14.1. The monoisotopic (exact) mass is 416 g/mol. The molecule has 8 heteroatoms. The van der Waals surface area contributed by atoms with Crippen LogP contribution in [0.15, 0.2) is 48.8 Å². The molecule has 0 saturated heterocycles. The van der Waals surface area contributed by atoms with Gasteiger partial charge < -0.3 is 5.32 Å². The van der Waals surface area contributed by atoms with Crippen molar-refractivity contribution in [3.63, 3.8) is 0 Å². The number of benzene rings is 1. The number of halogens is 3. The number of carbonyl (C=O) groups is 1. The maximum absolute atomic E-state index is 12.8. The van der Waals surface area contributed by atoms with Gasteiger partial charge in [-0.25, -0.2) is 0 Å². The summed E-state index contributed by atoms with van der Waals surface area (Å²) in [6, 6.07) is 10.2. The number of nitrogens with zero attached hydrogens (tertiary/aromatic N) is 3. The van der Waals surface area contributed by atoms with Crippen molar-refractivity contribution in [2.45, 2.75) is 46.0 Å². The summed E-state index contributed by atoms with van der Waals surface area (Å²) in [6.07, 6.45) is -1.19. The van der Waals surface area contributed by atoms with E-state index >= 15 is 0 Å². The molecule has 2 heterocycles. The zero-order valence-corrected chi connectivity index (χ0v) is 17.0. The highest BCUT2D eigenvalue weighted by atomic mass is 19.4. The van der Waals surface area contributed by atoms with Gasteiger partial charge in [-0.1, -0.05) is 18.2 Å². The Labute approximate surface area is 173 Å². The Morgan fingerprint density at radius 1 is 1.03 bits per heavy atom. The minimum atomic E-state index is -4.51. The third kappa shape index (κ3) is 5.06. The molecule has 30 heavy (non-hydrogen) atoms. The summed E-state index contributed by atoms with van der Waals surface area (Å²) < 4.78 is 39.7. The number of pyridine rings is 1. The number of aryl methyl sites for hydroxylation is 4. The van der Waals surface area contributed by atoms with Crippen molar-refractivity contribution in [3.8, 4) is 0 Å². The number of aromatic nitrogens is 3. The first-order valence-corrected chi connectivity index (χ1v) is 9.53. The van der Waals surface area contributed by atoms with Crippen molar-refractivity contribution in [2.75, 3.05) is 0 Å². The van der Waals surface area contributed by atoms with Crippen molar-refractivity contribution in [2.24, 2.45) is 0 Å². The van der Waals surface area contributed by atoms with Crippen molar-refractivity contribution in [1.29, 1.82) is 0 Å². The molecule has 0 bridgehead atoms. The highest BCUT2D eigenvalue weighted by Crippen LogP contribution is 2.28. The van der Waals surface area contributed by atoms with Crippen LogP contribution in [0.25, 0.3) is 0 Å². The van der Waals surface area contributed by atoms with Gasteiger partial charge in [-0.2, -0.15) is 18.3 Å². The molecule has 3 aromatic rings. The van der Waals surface area contributed by atoms with E-state index in [0.717, 1.165) is 28.3 Å². The van der Waals surface area contributed by atoms with Gasteiger partial charge in [-0.15, -0.1) is 0 Å². The normalized spacial score (nSPS) is 12.6. The van der Waals surface area contributed by atoms with E-state index in [1.165, 1.54) is 11.6 Å². The molecule has 1 aromatic carbocycles. The van der Waals surface area contributed by atoms with Crippen molar-refractivity contribution < 1.29 is 18.0 Å². The standard InChI is InChI=1S/C22H23F3N4O/c1-14-4-5-18(12-15(14)2)21(17-6-9-26-10-7-17)27-20(30)8-11-29-16(3)13-19(28-29)22(23,24)25/h4-7,9-10,12-13,21H,8,11H2,1-3H3,(H,27,30). The topological polar surface area (TPSA) is 59.8 Å².